The van der Waals surface area contributed by atoms with Crippen LogP contribution in [-0.2, 0) is 4.74 Å². The van der Waals surface area contributed by atoms with Gasteiger partial charge in [0.05, 0.1) is 19.1 Å². The lowest BCUT2D eigenvalue weighted by atomic mass is 10.1. The highest BCUT2D eigenvalue weighted by molar-refractivity contribution is 5.48. The second kappa shape index (κ2) is 6.42. The van der Waals surface area contributed by atoms with E-state index in [9.17, 15) is 0 Å². The molecule has 1 fully saturated rings. The Hall–Kier alpha value is -1.53. The van der Waals surface area contributed by atoms with Crippen molar-refractivity contribution in [3.8, 4) is 6.07 Å². The average molecular weight is 244 g/mol. The molecular weight excluding hydrogens is 224 g/mol. The van der Waals surface area contributed by atoms with Gasteiger partial charge in [-0.15, -0.1) is 0 Å². The van der Waals surface area contributed by atoms with E-state index in [1.807, 2.05) is 0 Å². The van der Waals surface area contributed by atoms with Crippen LogP contribution >= 0.6 is 0 Å². The fourth-order valence-corrected chi connectivity index (χ4v) is 2.35. The van der Waals surface area contributed by atoms with Gasteiger partial charge in [-0.2, -0.15) is 5.26 Å². The Labute approximate surface area is 109 Å². The lowest BCUT2D eigenvalue weighted by Crippen LogP contribution is -2.41. The van der Waals surface area contributed by atoms with E-state index in [0.29, 0.717) is 13.0 Å². The Morgan fingerprint density at radius 1 is 1.33 bits per heavy atom. The van der Waals surface area contributed by atoms with Gasteiger partial charge in [0.25, 0.3) is 0 Å². The van der Waals surface area contributed by atoms with Gasteiger partial charge in [-0.3, -0.25) is 0 Å². The number of nitriles is 1. The summed E-state index contributed by atoms with van der Waals surface area (Å²) >= 11 is 0. The quantitative estimate of drug-likeness (QED) is 0.763. The minimum absolute atomic E-state index is 0.134. The lowest BCUT2D eigenvalue weighted by molar-refractivity contribution is 0.0381. The molecule has 1 aromatic carbocycles. The van der Waals surface area contributed by atoms with Gasteiger partial charge in [-0.25, -0.2) is 0 Å². The van der Waals surface area contributed by atoms with Crippen molar-refractivity contribution >= 4 is 5.69 Å². The highest BCUT2D eigenvalue weighted by Gasteiger charge is 2.22. The molecule has 18 heavy (non-hydrogen) atoms. The number of rotatable bonds is 4. The molecule has 1 heterocycles. The monoisotopic (exact) mass is 244 g/mol. The van der Waals surface area contributed by atoms with Crippen molar-refractivity contribution in [2.45, 2.75) is 38.8 Å². The number of piperidine rings is 1. The zero-order valence-corrected chi connectivity index (χ0v) is 10.9. The molecule has 2 rings (SSSR count). The van der Waals surface area contributed by atoms with Gasteiger partial charge in [-0.05, 0) is 38.3 Å². The van der Waals surface area contributed by atoms with E-state index in [1.165, 1.54) is 24.1 Å². The van der Waals surface area contributed by atoms with Gasteiger partial charge in [0, 0.05) is 12.2 Å². The maximum absolute atomic E-state index is 8.57. The Bertz CT molecular complexity index is 407. The number of nitrogens with zero attached hydrogens (tertiary/aromatic N) is 2. The highest BCUT2D eigenvalue weighted by Crippen LogP contribution is 2.25. The third-order valence-electron chi connectivity index (χ3n) is 3.34. The number of anilines is 1. The van der Waals surface area contributed by atoms with E-state index in [2.05, 4.69) is 42.2 Å². The van der Waals surface area contributed by atoms with Crippen molar-refractivity contribution in [2.24, 2.45) is 0 Å². The Kier molecular flexibility index (Phi) is 4.60. The summed E-state index contributed by atoms with van der Waals surface area (Å²) in [7, 11) is 0. The summed E-state index contributed by atoms with van der Waals surface area (Å²) < 4.78 is 5.82. The lowest BCUT2D eigenvalue weighted by Gasteiger charge is -2.37. The van der Waals surface area contributed by atoms with E-state index >= 15 is 0 Å². The number of hydrogen-bond acceptors (Lipinski definition) is 3. The third-order valence-corrected chi connectivity index (χ3v) is 3.34. The molecule has 3 nitrogen and oxygen atoms in total. The summed E-state index contributed by atoms with van der Waals surface area (Å²) in [5.41, 5.74) is 2.50. The van der Waals surface area contributed by atoms with Gasteiger partial charge in [0.2, 0.25) is 0 Å². The smallest absolute Gasteiger partial charge is 0.130 e. The zero-order valence-electron chi connectivity index (χ0n) is 10.9. The molecule has 1 aliphatic rings. The van der Waals surface area contributed by atoms with Gasteiger partial charge in [-0.1, -0.05) is 17.7 Å². The molecule has 0 aromatic heterocycles. The zero-order chi connectivity index (χ0) is 12.8. The Morgan fingerprint density at radius 3 is 2.83 bits per heavy atom. The van der Waals surface area contributed by atoms with Crippen LogP contribution in [0.25, 0.3) is 0 Å². The van der Waals surface area contributed by atoms with Crippen LogP contribution in [0.2, 0.25) is 0 Å². The minimum Gasteiger partial charge on any atom is -0.357 e. The van der Waals surface area contributed by atoms with E-state index in [4.69, 9.17) is 10.00 Å². The standard InChI is InChI=1S/C15H20N2O/c1-13-6-8-14(9-7-13)17-11-3-2-5-15(17)18-12-4-10-16/h6-9,15H,2-5,11-12H2,1H3. The van der Waals surface area contributed by atoms with Crippen LogP contribution in [0.4, 0.5) is 5.69 Å². The first-order valence-electron chi connectivity index (χ1n) is 6.63. The molecule has 1 aromatic rings. The molecular formula is C15H20N2O. The summed E-state index contributed by atoms with van der Waals surface area (Å²) in [6, 6.07) is 10.7. The van der Waals surface area contributed by atoms with Crippen molar-refractivity contribution in [3.05, 3.63) is 29.8 Å². The minimum atomic E-state index is 0.134. The average Bonchev–Trinajstić information content (AvgIpc) is 2.41. The van der Waals surface area contributed by atoms with E-state index in [-0.39, 0.29) is 6.23 Å². The molecule has 3 heteroatoms. The molecule has 0 N–H and O–H groups in total. The van der Waals surface area contributed by atoms with E-state index < -0.39 is 0 Å². The predicted octanol–water partition coefficient (Wildman–Crippen LogP) is 3.24. The van der Waals surface area contributed by atoms with Crippen LogP contribution in [0.3, 0.4) is 0 Å². The molecule has 0 spiro atoms. The van der Waals surface area contributed by atoms with Gasteiger partial charge in [0.15, 0.2) is 0 Å². The van der Waals surface area contributed by atoms with Crippen molar-refractivity contribution in [1.29, 1.82) is 5.26 Å². The number of hydrogen-bond donors (Lipinski definition) is 0. The van der Waals surface area contributed by atoms with Crippen molar-refractivity contribution in [2.75, 3.05) is 18.1 Å². The van der Waals surface area contributed by atoms with Crippen LogP contribution in [-0.4, -0.2) is 19.4 Å². The van der Waals surface area contributed by atoms with Crippen molar-refractivity contribution < 1.29 is 4.74 Å². The maximum Gasteiger partial charge on any atom is 0.130 e. The van der Waals surface area contributed by atoms with Crippen LogP contribution in [0.5, 0.6) is 0 Å². The molecule has 0 radical (unpaired) electrons. The van der Waals surface area contributed by atoms with Gasteiger partial charge < -0.3 is 9.64 Å². The largest absolute Gasteiger partial charge is 0.357 e. The summed E-state index contributed by atoms with van der Waals surface area (Å²) in [4.78, 5) is 2.32. The number of benzene rings is 1. The van der Waals surface area contributed by atoms with Gasteiger partial charge in [0.1, 0.15) is 6.23 Å². The van der Waals surface area contributed by atoms with Crippen LogP contribution in [0, 0.1) is 18.3 Å². The molecule has 0 amide bonds. The van der Waals surface area contributed by atoms with Crippen LogP contribution < -0.4 is 4.90 Å². The molecule has 1 unspecified atom stereocenters. The maximum atomic E-state index is 8.57. The molecule has 0 saturated carbocycles. The van der Waals surface area contributed by atoms with Crippen molar-refractivity contribution in [1.82, 2.24) is 0 Å². The first-order chi connectivity index (χ1) is 8.81. The highest BCUT2D eigenvalue weighted by atomic mass is 16.5. The normalized spacial score (nSPS) is 19.6. The summed E-state index contributed by atoms with van der Waals surface area (Å²) in [6.45, 7) is 3.67. The molecule has 96 valence electrons. The number of ether oxygens (including phenoxy) is 1. The molecule has 0 aliphatic carbocycles. The predicted molar refractivity (Wildman–Crippen MR) is 72.3 cm³/mol. The molecule has 0 bridgehead atoms. The first kappa shape index (κ1) is 12.9. The van der Waals surface area contributed by atoms with Gasteiger partial charge >= 0.3 is 0 Å². The molecule has 1 aliphatic heterocycles. The fraction of sp³-hybridized carbons (Fsp3) is 0.533. The number of aryl methyl sites for hydroxylation is 1. The van der Waals surface area contributed by atoms with Crippen LogP contribution in [0.15, 0.2) is 24.3 Å². The Morgan fingerprint density at radius 2 is 2.11 bits per heavy atom. The SMILES string of the molecule is Cc1ccc(N2CCCCC2OCCC#N)cc1. The first-order valence-corrected chi connectivity index (χ1v) is 6.63. The Balaban J connectivity index is 2.03. The molecule has 1 atom stereocenters. The third kappa shape index (κ3) is 3.24. The summed E-state index contributed by atoms with van der Waals surface area (Å²) in [5.74, 6) is 0. The molecule has 1 saturated heterocycles. The topological polar surface area (TPSA) is 36.3 Å². The second-order valence-corrected chi connectivity index (χ2v) is 4.76. The summed E-state index contributed by atoms with van der Waals surface area (Å²) in [5, 5.41) is 8.57. The van der Waals surface area contributed by atoms with Crippen LogP contribution in [0.1, 0.15) is 31.2 Å². The second-order valence-electron chi connectivity index (χ2n) is 4.76. The summed E-state index contributed by atoms with van der Waals surface area (Å²) in [6.07, 6.45) is 4.08. The van der Waals surface area contributed by atoms with E-state index in [0.717, 1.165) is 13.0 Å². The fourth-order valence-electron chi connectivity index (χ4n) is 2.35. The van der Waals surface area contributed by atoms with E-state index in [1.54, 1.807) is 0 Å². The van der Waals surface area contributed by atoms with Crippen molar-refractivity contribution in [3.63, 3.8) is 0 Å².